The maximum absolute atomic E-state index is 12.3. The Bertz CT molecular complexity index is 817. The van der Waals surface area contributed by atoms with Gasteiger partial charge in [-0.2, -0.15) is 13.2 Å². The molecule has 0 bridgehead atoms. The van der Waals surface area contributed by atoms with Gasteiger partial charge in [0.25, 0.3) is 0 Å². The van der Waals surface area contributed by atoms with Crippen molar-refractivity contribution in [2.24, 2.45) is 0 Å². The molecule has 0 atom stereocenters. The molecule has 3 heterocycles. The first kappa shape index (κ1) is 17.3. The molecule has 3 rings (SSSR count). The van der Waals surface area contributed by atoms with Crippen molar-refractivity contribution in [3.8, 4) is 0 Å². The zero-order chi connectivity index (χ0) is 18.2. The Morgan fingerprint density at radius 1 is 1.28 bits per heavy atom. The monoisotopic (exact) mass is 375 g/mol. The average Bonchev–Trinajstić information content (AvgIpc) is 2.98. The SMILES string of the molecule is O=C(CC(F)(F)F)N1CCN(c2ncnc3sc([N+](=O)[O-])cc23)CC1. The minimum Gasteiger partial charge on any atom is -0.352 e. The number of aromatic nitrogens is 2. The number of alkyl halides is 3. The Morgan fingerprint density at radius 3 is 2.56 bits per heavy atom. The number of carbonyl (C=O) groups excluding carboxylic acids is 1. The third-order valence-electron chi connectivity index (χ3n) is 3.76. The standard InChI is InChI=1S/C13H12F3N5O3S/c14-13(15,16)6-9(22)19-1-3-20(4-2-19)11-8-5-10(21(23)24)25-12(8)18-7-17-11/h5,7H,1-4,6H2. The first-order chi connectivity index (χ1) is 11.7. The van der Waals surface area contributed by atoms with Gasteiger partial charge >= 0.3 is 11.2 Å². The zero-order valence-electron chi connectivity index (χ0n) is 12.7. The van der Waals surface area contributed by atoms with Crippen LogP contribution >= 0.6 is 11.3 Å². The number of thiophene rings is 1. The normalized spacial score (nSPS) is 15.6. The molecular formula is C13H12F3N5O3S. The van der Waals surface area contributed by atoms with E-state index in [1.165, 1.54) is 17.3 Å². The van der Waals surface area contributed by atoms with Gasteiger partial charge in [0, 0.05) is 32.2 Å². The van der Waals surface area contributed by atoms with Crippen LogP contribution in [0.1, 0.15) is 6.42 Å². The second-order valence-corrected chi connectivity index (χ2v) is 6.43. The summed E-state index contributed by atoms with van der Waals surface area (Å²) in [7, 11) is 0. The summed E-state index contributed by atoms with van der Waals surface area (Å²) in [5.41, 5.74) is 0. The third kappa shape index (κ3) is 3.78. The van der Waals surface area contributed by atoms with Gasteiger partial charge in [0.05, 0.1) is 10.3 Å². The Balaban J connectivity index is 1.74. The number of rotatable bonds is 3. The predicted molar refractivity (Wildman–Crippen MR) is 83.5 cm³/mol. The van der Waals surface area contributed by atoms with Crippen molar-refractivity contribution in [3.05, 3.63) is 22.5 Å². The lowest BCUT2D eigenvalue weighted by Gasteiger charge is -2.35. The number of nitrogens with zero attached hydrogens (tertiary/aromatic N) is 5. The molecule has 12 heteroatoms. The van der Waals surface area contributed by atoms with Crippen molar-refractivity contribution < 1.29 is 22.9 Å². The minimum atomic E-state index is -4.53. The molecule has 2 aromatic rings. The molecule has 0 spiro atoms. The Labute approximate surface area is 143 Å². The lowest BCUT2D eigenvalue weighted by Crippen LogP contribution is -2.49. The van der Waals surface area contributed by atoms with Gasteiger partial charge in [-0.05, 0) is 11.3 Å². The fourth-order valence-electron chi connectivity index (χ4n) is 2.62. The van der Waals surface area contributed by atoms with Crippen LogP contribution in [0.4, 0.5) is 24.0 Å². The van der Waals surface area contributed by atoms with Crippen LogP contribution in [0.15, 0.2) is 12.4 Å². The minimum absolute atomic E-state index is 0.0595. The summed E-state index contributed by atoms with van der Waals surface area (Å²) in [5.74, 6) is -0.469. The van der Waals surface area contributed by atoms with Gasteiger partial charge in [-0.25, -0.2) is 9.97 Å². The van der Waals surface area contributed by atoms with Gasteiger partial charge in [-0.3, -0.25) is 14.9 Å². The van der Waals surface area contributed by atoms with E-state index in [1.807, 2.05) is 0 Å². The van der Waals surface area contributed by atoms with Gasteiger partial charge in [0.2, 0.25) is 5.91 Å². The van der Waals surface area contributed by atoms with E-state index in [1.54, 1.807) is 4.90 Å². The van der Waals surface area contributed by atoms with Crippen LogP contribution in [0.25, 0.3) is 10.2 Å². The van der Waals surface area contributed by atoms with Crippen LogP contribution in [0.2, 0.25) is 0 Å². The zero-order valence-corrected chi connectivity index (χ0v) is 13.5. The van der Waals surface area contributed by atoms with E-state index in [2.05, 4.69) is 9.97 Å². The van der Waals surface area contributed by atoms with Gasteiger partial charge in [-0.1, -0.05) is 0 Å². The maximum Gasteiger partial charge on any atom is 0.397 e. The molecule has 1 saturated heterocycles. The van der Waals surface area contributed by atoms with Crippen molar-refractivity contribution in [3.63, 3.8) is 0 Å². The Hall–Kier alpha value is -2.50. The lowest BCUT2D eigenvalue weighted by atomic mass is 10.2. The van der Waals surface area contributed by atoms with Crippen LogP contribution in [0.5, 0.6) is 0 Å². The number of amides is 1. The molecule has 1 amide bonds. The van der Waals surface area contributed by atoms with Crippen LogP contribution in [0.3, 0.4) is 0 Å². The van der Waals surface area contributed by atoms with Crippen molar-refractivity contribution in [2.45, 2.75) is 12.6 Å². The van der Waals surface area contributed by atoms with Crippen LogP contribution in [-0.2, 0) is 4.79 Å². The molecule has 0 N–H and O–H groups in total. The number of fused-ring (bicyclic) bond motifs is 1. The largest absolute Gasteiger partial charge is 0.397 e. The molecule has 25 heavy (non-hydrogen) atoms. The van der Waals surface area contributed by atoms with Crippen molar-refractivity contribution in [2.75, 3.05) is 31.1 Å². The summed E-state index contributed by atoms with van der Waals surface area (Å²) in [6.07, 6.45) is -4.71. The van der Waals surface area contributed by atoms with Gasteiger partial charge in [0.1, 0.15) is 23.4 Å². The highest BCUT2D eigenvalue weighted by atomic mass is 32.1. The molecule has 1 fully saturated rings. The Morgan fingerprint density at radius 2 is 1.96 bits per heavy atom. The fraction of sp³-hybridized carbons (Fsp3) is 0.462. The summed E-state index contributed by atoms with van der Waals surface area (Å²) >= 11 is 0.929. The molecule has 0 radical (unpaired) electrons. The van der Waals surface area contributed by atoms with Gasteiger partial charge < -0.3 is 9.80 Å². The number of anilines is 1. The number of hydrogen-bond donors (Lipinski definition) is 0. The molecular weight excluding hydrogens is 363 g/mol. The third-order valence-corrected chi connectivity index (χ3v) is 4.75. The summed E-state index contributed by atoms with van der Waals surface area (Å²) in [5, 5.41) is 11.4. The van der Waals surface area contributed by atoms with E-state index in [0.29, 0.717) is 29.1 Å². The van der Waals surface area contributed by atoms with E-state index in [0.717, 1.165) is 11.3 Å². The van der Waals surface area contributed by atoms with Crippen LogP contribution in [-0.4, -0.2) is 58.1 Å². The molecule has 1 aliphatic rings. The molecule has 134 valence electrons. The topological polar surface area (TPSA) is 92.5 Å². The van der Waals surface area contributed by atoms with E-state index in [-0.39, 0.29) is 18.1 Å². The predicted octanol–water partition coefficient (Wildman–Crippen LogP) is 2.20. The summed E-state index contributed by atoms with van der Waals surface area (Å²) < 4.78 is 36.9. The van der Waals surface area contributed by atoms with Crippen LogP contribution < -0.4 is 4.90 Å². The highest BCUT2D eigenvalue weighted by Crippen LogP contribution is 2.34. The summed E-state index contributed by atoms with van der Waals surface area (Å²) in [6, 6.07) is 1.39. The van der Waals surface area contributed by atoms with E-state index in [4.69, 9.17) is 0 Å². The van der Waals surface area contributed by atoms with Crippen molar-refractivity contribution in [1.82, 2.24) is 14.9 Å². The quantitative estimate of drug-likeness (QED) is 0.603. The van der Waals surface area contributed by atoms with E-state index >= 15 is 0 Å². The molecule has 0 aliphatic carbocycles. The highest BCUT2D eigenvalue weighted by Gasteiger charge is 2.34. The average molecular weight is 375 g/mol. The number of hydrogen-bond acceptors (Lipinski definition) is 7. The second-order valence-electron chi connectivity index (χ2n) is 5.42. The highest BCUT2D eigenvalue weighted by molar-refractivity contribution is 7.21. The number of halogens is 3. The van der Waals surface area contributed by atoms with Crippen LogP contribution in [0, 0.1) is 10.1 Å². The molecule has 1 aliphatic heterocycles. The molecule has 0 aromatic carbocycles. The van der Waals surface area contributed by atoms with E-state index < -0.39 is 23.4 Å². The van der Waals surface area contributed by atoms with Crippen molar-refractivity contribution >= 4 is 38.3 Å². The maximum atomic E-state index is 12.3. The lowest BCUT2D eigenvalue weighted by molar-refractivity contribution is -0.380. The first-order valence-electron chi connectivity index (χ1n) is 7.23. The molecule has 0 unspecified atom stereocenters. The number of nitro groups is 1. The Kier molecular flexibility index (Phi) is 4.45. The van der Waals surface area contributed by atoms with Gasteiger partial charge in [-0.15, -0.1) is 0 Å². The number of carbonyl (C=O) groups is 1. The second kappa shape index (κ2) is 6.43. The fourth-order valence-corrected chi connectivity index (χ4v) is 3.43. The molecule has 2 aromatic heterocycles. The number of piperazine rings is 1. The summed E-state index contributed by atoms with van der Waals surface area (Å²) in [4.78, 5) is 33.6. The van der Waals surface area contributed by atoms with Crippen molar-refractivity contribution in [1.29, 1.82) is 0 Å². The molecule has 0 saturated carbocycles. The summed E-state index contributed by atoms with van der Waals surface area (Å²) in [6.45, 7) is 0.845. The smallest absolute Gasteiger partial charge is 0.352 e. The first-order valence-corrected chi connectivity index (χ1v) is 8.04. The molecule has 8 nitrogen and oxygen atoms in total. The van der Waals surface area contributed by atoms with Gasteiger partial charge in [0.15, 0.2) is 0 Å². The van der Waals surface area contributed by atoms with E-state index in [9.17, 15) is 28.1 Å².